The number of carbonyl (C=O) groups excluding carboxylic acids is 3. The number of nitrogen functional groups attached to an aromatic ring is 1. The van der Waals surface area contributed by atoms with Crippen molar-refractivity contribution in [2.75, 3.05) is 24.7 Å². The minimum Gasteiger partial charge on any atom is -0.444 e. The van der Waals surface area contributed by atoms with Crippen LogP contribution in [0, 0.1) is 13.8 Å². The van der Waals surface area contributed by atoms with E-state index in [4.69, 9.17) is 34.0 Å². The molecule has 3 N–H and O–H groups in total. The Kier molecular flexibility index (Phi) is 17.0. The zero-order chi connectivity index (χ0) is 55.8. The van der Waals surface area contributed by atoms with Crippen LogP contribution in [0.3, 0.4) is 0 Å². The molecular weight excluding hydrogens is 977 g/mol. The Balaban J connectivity index is 0.000000258. The molecule has 8 rings (SSSR count). The van der Waals surface area contributed by atoms with Crippen LogP contribution in [-0.4, -0.2) is 84.3 Å². The normalized spacial score (nSPS) is 11.5. The molecule has 18 nitrogen and oxygen atoms in total. The Morgan fingerprint density at radius 2 is 0.935 bits per heavy atom. The first-order valence-electron chi connectivity index (χ1n) is 24.9. The molecular formula is C59H66N10O8. The standard InChI is InChI=1S/C37H45N5O7.C22H21N5O/c1-23-12-16-26(17-13-23)28-21-38-31(42(33(44)47-36(5,6)7)34(45)48-37(8,9)10)30(39-28)29-20-27(40-49-29)25-18-14-24(15-19-25)22-41(11)32(43)46-35(2,3)4;1-14-3-7-17(8-4-14)19-13-25-22(23)21(26-19)20-11-18(27-28-20)16-9-5-15(6-10-16)12-24-2/h12-21H,22H2,1-11H3;3-11,13,24H,12H2,1-2H3,(H2,23,25). The molecule has 0 unspecified atom stereocenters. The average Bonchev–Trinajstić information content (AvgIpc) is 4.08. The molecule has 0 atom stereocenters. The monoisotopic (exact) mass is 1040 g/mol. The van der Waals surface area contributed by atoms with Gasteiger partial charge in [0.05, 0.1) is 23.8 Å². The van der Waals surface area contributed by atoms with Gasteiger partial charge in [-0.05, 0) is 94.3 Å². The van der Waals surface area contributed by atoms with Crippen LogP contribution in [0.5, 0.6) is 0 Å². The molecule has 18 heteroatoms. The van der Waals surface area contributed by atoms with Crippen LogP contribution in [0.2, 0.25) is 0 Å². The smallest absolute Gasteiger partial charge is 0.425 e. The Bertz CT molecular complexity index is 3290. The number of carbonyl (C=O) groups is 3. The second-order valence-electron chi connectivity index (χ2n) is 21.4. The van der Waals surface area contributed by atoms with Crippen LogP contribution in [0.15, 0.2) is 131 Å². The van der Waals surface area contributed by atoms with Crippen LogP contribution in [0.4, 0.5) is 26.0 Å². The van der Waals surface area contributed by atoms with Gasteiger partial charge in [-0.15, -0.1) is 0 Å². The lowest BCUT2D eigenvalue weighted by Gasteiger charge is -2.28. The topological polar surface area (TPSA) is 227 Å². The Labute approximate surface area is 449 Å². The summed E-state index contributed by atoms with van der Waals surface area (Å²) in [5.41, 5.74) is 14.3. The van der Waals surface area contributed by atoms with Gasteiger partial charge in [-0.1, -0.05) is 119 Å². The van der Waals surface area contributed by atoms with E-state index in [0.717, 1.165) is 56.2 Å². The number of anilines is 2. The van der Waals surface area contributed by atoms with Crippen molar-refractivity contribution >= 4 is 29.9 Å². The number of hydrogen-bond acceptors (Lipinski definition) is 16. The molecule has 0 spiro atoms. The lowest BCUT2D eigenvalue weighted by Crippen LogP contribution is -2.44. The van der Waals surface area contributed by atoms with Crippen LogP contribution in [0.25, 0.3) is 67.9 Å². The van der Waals surface area contributed by atoms with Gasteiger partial charge in [0.25, 0.3) is 0 Å². The number of imide groups is 1. The molecule has 8 aromatic rings. The largest absolute Gasteiger partial charge is 0.444 e. The van der Waals surface area contributed by atoms with Crippen LogP contribution >= 0.6 is 0 Å². The van der Waals surface area contributed by atoms with E-state index >= 15 is 0 Å². The van der Waals surface area contributed by atoms with Gasteiger partial charge in [0.1, 0.15) is 28.2 Å². The van der Waals surface area contributed by atoms with E-state index in [1.165, 1.54) is 22.2 Å². The molecule has 4 aromatic heterocycles. The lowest BCUT2D eigenvalue weighted by molar-refractivity contribution is 0.0283. The third kappa shape index (κ3) is 15.2. The molecule has 0 fully saturated rings. The highest BCUT2D eigenvalue weighted by atomic mass is 16.6. The van der Waals surface area contributed by atoms with Gasteiger partial charge in [0, 0.05) is 54.5 Å². The van der Waals surface area contributed by atoms with Crippen molar-refractivity contribution in [3.63, 3.8) is 0 Å². The summed E-state index contributed by atoms with van der Waals surface area (Å²) < 4.78 is 28.0. The number of aryl methyl sites for hydroxylation is 2. The zero-order valence-corrected chi connectivity index (χ0v) is 45.9. The predicted octanol–water partition coefficient (Wildman–Crippen LogP) is 12.9. The number of hydrogen-bond donors (Lipinski definition) is 2. The Morgan fingerprint density at radius 3 is 1.39 bits per heavy atom. The second kappa shape index (κ2) is 23.4. The molecule has 0 saturated heterocycles. The fourth-order valence-electron chi connectivity index (χ4n) is 7.38. The number of rotatable bonds is 11. The summed E-state index contributed by atoms with van der Waals surface area (Å²) in [4.78, 5) is 60.1. The second-order valence-corrected chi connectivity index (χ2v) is 21.4. The van der Waals surface area contributed by atoms with Gasteiger partial charge >= 0.3 is 18.3 Å². The molecule has 0 radical (unpaired) electrons. The minimum absolute atomic E-state index is 0.0733. The van der Waals surface area contributed by atoms with Gasteiger partial charge in [0.2, 0.25) is 0 Å². The van der Waals surface area contributed by atoms with Gasteiger partial charge in [-0.2, -0.15) is 4.90 Å². The maximum atomic E-state index is 13.6. The molecule has 0 aliphatic heterocycles. The molecule has 0 bridgehead atoms. The Hall–Kier alpha value is -8.77. The van der Waals surface area contributed by atoms with E-state index < -0.39 is 35.1 Å². The molecule has 0 aliphatic rings. The molecule has 4 aromatic carbocycles. The van der Waals surface area contributed by atoms with E-state index in [0.29, 0.717) is 35.2 Å². The quantitative estimate of drug-likeness (QED) is 0.115. The molecule has 0 aliphatic carbocycles. The van der Waals surface area contributed by atoms with E-state index in [1.54, 1.807) is 60.9 Å². The van der Waals surface area contributed by atoms with Crippen molar-refractivity contribution in [2.45, 2.75) is 106 Å². The van der Waals surface area contributed by atoms with Crippen molar-refractivity contribution in [3.05, 3.63) is 144 Å². The Morgan fingerprint density at radius 1 is 0.545 bits per heavy atom. The molecule has 77 heavy (non-hydrogen) atoms. The maximum Gasteiger partial charge on any atom is 0.425 e. The van der Waals surface area contributed by atoms with Crippen LogP contribution < -0.4 is 16.0 Å². The molecule has 3 amide bonds. The van der Waals surface area contributed by atoms with Crippen molar-refractivity contribution < 1.29 is 37.6 Å². The van der Waals surface area contributed by atoms with Crippen LogP contribution in [0.1, 0.15) is 84.6 Å². The third-order valence-corrected chi connectivity index (χ3v) is 11.1. The van der Waals surface area contributed by atoms with Crippen molar-refractivity contribution in [1.82, 2.24) is 40.5 Å². The average molecular weight is 1040 g/mol. The van der Waals surface area contributed by atoms with Gasteiger partial charge in [-0.25, -0.2) is 34.3 Å². The number of aromatic nitrogens is 6. The minimum atomic E-state index is -0.993. The summed E-state index contributed by atoms with van der Waals surface area (Å²) in [7, 11) is 3.60. The van der Waals surface area contributed by atoms with Gasteiger partial charge in [0.15, 0.2) is 34.5 Å². The summed E-state index contributed by atoms with van der Waals surface area (Å²) in [6, 6.07) is 34.9. The number of amides is 3. The maximum absolute atomic E-state index is 13.6. The van der Waals surface area contributed by atoms with E-state index in [-0.39, 0.29) is 17.3 Å². The molecule has 0 saturated carbocycles. The molecule has 4 heterocycles. The highest BCUT2D eigenvalue weighted by Gasteiger charge is 2.37. The first kappa shape index (κ1) is 56.0. The van der Waals surface area contributed by atoms with Crippen molar-refractivity contribution in [3.8, 4) is 67.9 Å². The summed E-state index contributed by atoms with van der Waals surface area (Å²) >= 11 is 0. The first-order valence-corrected chi connectivity index (χ1v) is 24.9. The van der Waals surface area contributed by atoms with Crippen molar-refractivity contribution in [2.24, 2.45) is 0 Å². The summed E-state index contributed by atoms with van der Waals surface area (Å²) in [5, 5.41) is 11.6. The number of nitrogens with two attached hydrogens (primary N) is 1. The fraction of sp³-hybridized carbons (Fsp3) is 0.305. The number of nitrogens with one attached hydrogen (secondary N) is 1. The lowest BCUT2D eigenvalue weighted by atomic mass is 10.1. The van der Waals surface area contributed by atoms with Gasteiger partial charge in [-0.3, -0.25) is 0 Å². The third-order valence-electron chi connectivity index (χ3n) is 11.1. The highest BCUT2D eigenvalue weighted by Crippen LogP contribution is 2.35. The van der Waals surface area contributed by atoms with E-state index in [1.807, 2.05) is 133 Å². The zero-order valence-electron chi connectivity index (χ0n) is 45.9. The van der Waals surface area contributed by atoms with Crippen molar-refractivity contribution in [1.29, 1.82) is 0 Å². The first-order chi connectivity index (χ1) is 36.3. The summed E-state index contributed by atoms with van der Waals surface area (Å²) in [5.74, 6) is 0.802. The number of ether oxygens (including phenoxy) is 3. The molecule has 400 valence electrons. The highest BCUT2D eigenvalue weighted by molar-refractivity contribution is 6.10. The van der Waals surface area contributed by atoms with Gasteiger partial charge < -0.3 is 39.2 Å². The fourth-order valence-corrected chi connectivity index (χ4v) is 7.38. The number of nitrogens with zero attached hydrogens (tertiary/aromatic N) is 8. The predicted molar refractivity (Wildman–Crippen MR) is 296 cm³/mol. The number of benzene rings is 4. The van der Waals surface area contributed by atoms with E-state index in [9.17, 15) is 14.4 Å². The summed E-state index contributed by atoms with van der Waals surface area (Å²) in [6.45, 7) is 20.8. The van der Waals surface area contributed by atoms with E-state index in [2.05, 4.69) is 42.7 Å². The SMILES string of the molecule is CNCc1ccc(-c2cc(-c3nc(-c4ccc(C)cc4)cnc3N)on2)cc1.Cc1ccc(-c2cnc(N(C(=O)OC(C)(C)C)C(=O)OC(C)(C)C)c(-c3cc(-c4ccc(CN(C)C(=O)OC(C)(C)C)cc4)no3)n2)cc1. The van der Waals surface area contributed by atoms with Crippen LogP contribution in [-0.2, 0) is 27.3 Å². The summed E-state index contributed by atoms with van der Waals surface area (Å²) in [6.07, 6.45) is 0.727.